The van der Waals surface area contributed by atoms with Gasteiger partial charge in [0.05, 0.1) is 12.2 Å². The third kappa shape index (κ3) is 4.32. The molecule has 0 atom stereocenters. The molecule has 0 aliphatic heterocycles. The third-order valence-electron chi connectivity index (χ3n) is 3.86. The summed E-state index contributed by atoms with van der Waals surface area (Å²) < 4.78 is 6.77. The van der Waals surface area contributed by atoms with Gasteiger partial charge in [-0.2, -0.15) is 5.10 Å². The van der Waals surface area contributed by atoms with E-state index in [1.807, 2.05) is 48.1 Å². The standard InChI is InChI=1S/C18H18N4O4S/c1-10-3-5-12(6-4-10)8-22-16-13(11(2)21-22)7-14(27-16)17(24)26-9-15(23)20-18(19)25/h3-7H,8-9H2,1-2H3,(H3,19,20,23,25). The number of urea groups is 1. The highest BCUT2D eigenvalue weighted by Gasteiger charge is 2.18. The number of fused-ring (bicyclic) bond motifs is 1. The van der Waals surface area contributed by atoms with E-state index >= 15 is 0 Å². The summed E-state index contributed by atoms with van der Waals surface area (Å²) in [6.07, 6.45) is 0. The molecule has 27 heavy (non-hydrogen) atoms. The number of nitrogens with one attached hydrogen (secondary N) is 1. The molecule has 0 bridgehead atoms. The van der Waals surface area contributed by atoms with E-state index < -0.39 is 24.5 Å². The summed E-state index contributed by atoms with van der Waals surface area (Å²) in [6, 6.07) is 8.86. The number of primary amides is 1. The summed E-state index contributed by atoms with van der Waals surface area (Å²) in [4.78, 5) is 35.3. The first-order valence-electron chi connectivity index (χ1n) is 8.12. The molecular weight excluding hydrogens is 368 g/mol. The molecule has 3 rings (SSSR count). The van der Waals surface area contributed by atoms with E-state index in [1.54, 1.807) is 6.07 Å². The number of rotatable bonds is 5. The number of carbonyl (C=O) groups is 3. The first-order chi connectivity index (χ1) is 12.8. The Morgan fingerprint density at radius 2 is 1.93 bits per heavy atom. The van der Waals surface area contributed by atoms with Crippen molar-refractivity contribution >= 4 is 39.5 Å². The Morgan fingerprint density at radius 1 is 1.22 bits per heavy atom. The zero-order valence-electron chi connectivity index (χ0n) is 14.8. The lowest BCUT2D eigenvalue weighted by molar-refractivity contribution is -0.123. The van der Waals surface area contributed by atoms with Crippen LogP contribution in [0.3, 0.4) is 0 Å². The van der Waals surface area contributed by atoms with Crippen LogP contribution in [0.1, 0.15) is 26.5 Å². The summed E-state index contributed by atoms with van der Waals surface area (Å²) in [5.41, 5.74) is 7.92. The lowest BCUT2D eigenvalue weighted by Crippen LogP contribution is -2.37. The SMILES string of the molecule is Cc1ccc(Cn2nc(C)c3cc(C(=O)OCC(=O)NC(N)=O)sc32)cc1. The Bertz CT molecular complexity index is 1020. The zero-order chi connectivity index (χ0) is 19.6. The second-order valence-corrected chi connectivity index (χ2v) is 7.08. The highest BCUT2D eigenvalue weighted by atomic mass is 32.1. The number of hydrogen-bond acceptors (Lipinski definition) is 6. The number of benzene rings is 1. The van der Waals surface area contributed by atoms with Crippen molar-refractivity contribution in [1.82, 2.24) is 15.1 Å². The van der Waals surface area contributed by atoms with E-state index in [0.717, 1.165) is 21.5 Å². The Labute approximate surface area is 158 Å². The van der Waals surface area contributed by atoms with Gasteiger partial charge in [-0.15, -0.1) is 11.3 Å². The summed E-state index contributed by atoms with van der Waals surface area (Å²) in [6.45, 7) is 3.90. The number of thiophene rings is 1. The summed E-state index contributed by atoms with van der Waals surface area (Å²) >= 11 is 1.24. The number of aryl methyl sites for hydroxylation is 2. The van der Waals surface area contributed by atoms with Crippen molar-refractivity contribution in [1.29, 1.82) is 0 Å². The second kappa shape index (κ2) is 7.58. The normalized spacial score (nSPS) is 10.7. The van der Waals surface area contributed by atoms with Crippen LogP contribution in [0.4, 0.5) is 4.79 Å². The molecule has 0 aliphatic rings. The molecule has 0 fully saturated rings. The van der Waals surface area contributed by atoms with E-state index in [9.17, 15) is 14.4 Å². The van der Waals surface area contributed by atoms with Gasteiger partial charge in [0.2, 0.25) is 0 Å². The second-order valence-electron chi connectivity index (χ2n) is 6.05. The van der Waals surface area contributed by atoms with Crippen molar-refractivity contribution in [2.45, 2.75) is 20.4 Å². The molecule has 9 heteroatoms. The summed E-state index contributed by atoms with van der Waals surface area (Å²) in [5, 5.41) is 7.23. The van der Waals surface area contributed by atoms with Gasteiger partial charge in [-0.1, -0.05) is 29.8 Å². The van der Waals surface area contributed by atoms with Gasteiger partial charge < -0.3 is 10.5 Å². The third-order valence-corrected chi connectivity index (χ3v) is 4.99. The predicted octanol–water partition coefficient (Wildman–Crippen LogP) is 2.11. The van der Waals surface area contributed by atoms with E-state index in [1.165, 1.54) is 16.9 Å². The van der Waals surface area contributed by atoms with E-state index in [4.69, 9.17) is 10.5 Å². The van der Waals surface area contributed by atoms with Crippen molar-refractivity contribution in [3.63, 3.8) is 0 Å². The van der Waals surface area contributed by atoms with Gasteiger partial charge in [-0.3, -0.25) is 14.8 Å². The van der Waals surface area contributed by atoms with Crippen LogP contribution in [0.15, 0.2) is 30.3 Å². The van der Waals surface area contributed by atoms with Gasteiger partial charge in [0.1, 0.15) is 9.71 Å². The largest absolute Gasteiger partial charge is 0.451 e. The fourth-order valence-corrected chi connectivity index (χ4v) is 3.62. The summed E-state index contributed by atoms with van der Waals surface area (Å²) in [5.74, 6) is -1.42. The highest BCUT2D eigenvalue weighted by molar-refractivity contribution is 7.20. The number of amides is 3. The van der Waals surface area contributed by atoms with Gasteiger partial charge in [-0.05, 0) is 25.5 Å². The molecule has 140 valence electrons. The first-order valence-corrected chi connectivity index (χ1v) is 8.94. The first kappa shape index (κ1) is 18.6. The van der Waals surface area contributed by atoms with Gasteiger partial charge >= 0.3 is 12.0 Å². The van der Waals surface area contributed by atoms with Gasteiger partial charge in [0, 0.05) is 5.39 Å². The van der Waals surface area contributed by atoms with Gasteiger partial charge in [0.25, 0.3) is 5.91 Å². The minimum absolute atomic E-state index is 0.357. The zero-order valence-corrected chi connectivity index (χ0v) is 15.6. The molecule has 0 radical (unpaired) electrons. The Balaban J connectivity index is 1.76. The molecule has 2 heterocycles. The molecule has 8 nitrogen and oxygen atoms in total. The maximum absolute atomic E-state index is 12.2. The minimum atomic E-state index is -0.996. The molecule has 0 unspecified atom stereocenters. The van der Waals surface area contributed by atoms with Crippen LogP contribution in [0.5, 0.6) is 0 Å². The monoisotopic (exact) mass is 386 g/mol. The molecule has 0 aliphatic carbocycles. The average molecular weight is 386 g/mol. The molecule has 0 saturated heterocycles. The maximum atomic E-state index is 12.2. The minimum Gasteiger partial charge on any atom is -0.451 e. The van der Waals surface area contributed by atoms with E-state index in [0.29, 0.717) is 11.4 Å². The molecule has 0 spiro atoms. The number of nitrogens with two attached hydrogens (primary N) is 1. The van der Waals surface area contributed by atoms with Crippen LogP contribution in [-0.4, -0.2) is 34.3 Å². The van der Waals surface area contributed by atoms with Crippen molar-refractivity contribution in [2.75, 3.05) is 6.61 Å². The van der Waals surface area contributed by atoms with Crippen LogP contribution in [0, 0.1) is 13.8 Å². The van der Waals surface area contributed by atoms with Crippen molar-refractivity contribution in [3.8, 4) is 0 Å². The van der Waals surface area contributed by atoms with Crippen LogP contribution >= 0.6 is 11.3 Å². The van der Waals surface area contributed by atoms with Gasteiger partial charge in [0.15, 0.2) is 6.61 Å². The maximum Gasteiger partial charge on any atom is 0.348 e. The molecule has 3 aromatic rings. The quantitative estimate of drug-likeness (QED) is 0.652. The molecule has 3 N–H and O–H groups in total. The number of nitrogens with zero attached hydrogens (tertiary/aromatic N) is 2. The Morgan fingerprint density at radius 3 is 2.59 bits per heavy atom. The van der Waals surface area contributed by atoms with Crippen molar-refractivity contribution in [2.24, 2.45) is 5.73 Å². The van der Waals surface area contributed by atoms with Gasteiger partial charge in [-0.25, -0.2) is 9.59 Å². The Kier molecular flexibility index (Phi) is 5.22. The predicted molar refractivity (Wildman–Crippen MR) is 101 cm³/mol. The average Bonchev–Trinajstić information content (AvgIpc) is 3.16. The number of imide groups is 1. The fraction of sp³-hybridized carbons (Fsp3) is 0.222. The van der Waals surface area contributed by atoms with Crippen LogP contribution in [0.2, 0.25) is 0 Å². The van der Waals surface area contributed by atoms with Crippen LogP contribution in [0.25, 0.3) is 10.2 Å². The lowest BCUT2D eigenvalue weighted by atomic mass is 10.1. The van der Waals surface area contributed by atoms with E-state index in [2.05, 4.69) is 5.10 Å². The molecule has 0 saturated carbocycles. The number of ether oxygens (including phenoxy) is 1. The summed E-state index contributed by atoms with van der Waals surface area (Å²) in [7, 11) is 0. The lowest BCUT2D eigenvalue weighted by Gasteiger charge is -2.04. The molecule has 1 aromatic carbocycles. The van der Waals surface area contributed by atoms with Crippen molar-refractivity contribution in [3.05, 3.63) is 52.0 Å². The molecule has 3 amide bonds. The van der Waals surface area contributed by atoms with Crippen LogP contribution in [-0.2, 0) is 16.1 Å². The number of esters is 1. The number of hydrogen-bond donors (Lipinski definition) is 2. The van der Waals surface area contributed by atoms with Crippen molar-refractivity contribution < 1.29 is 19.1 Å². The van der Waals surface area contributed by atoms with Crippen LogP contribution < -0.4 is 11.1 Å². The fourth-order valence-electron chi connectivity index (χ4n) is 2.56. The molecular formula is C18H18N4O4S. The number of carbonyl (C=O) groups excluding carboxylic acids is 3. The smallest absolute Gasteiger partial charge is 0.348 e. The molecule has 2 aromatic heterocycles. The topological polar surface area (TPSA) is 116 Å². The van der Waals surface area contributed by atoms with E-state index in [-0.39, 0.29) is 0 Å². The Hall–Kier alpha value is -3.20. The number of aromatic nitrogens is 2. The highest BCUT2D eigenvalue weighted by Crippen LogP contribution is 2.29.